The third-order valence-electron chi connectivity index (χ3n) is 4.42. The van der Waals surface area contributed by atoms with Gasteiger partial charge in [-0.2, -0.15) is 0 Å². The molecule has 0 saturated heterocycles. The van der Waals surface area contributed by atoms with Gasteiger partial charge in [-0.25, -0.2) is 9.38 Å². The van der Waals surface area contributed by atoms with E-state index in [9.17, 15) is 4.79 Å². The van der Waals surface area contributed by atoms with Crippen LogP contribution in [-0.2, 0) is 0 Å². The number of aromatic nitrogens is 2. The largest absolute Gasteiger partial charge is 0.493 e. The predicted molar refractivity (Wildman–Crippen MR) is 109 cm³/mol. The number of hydrogen-bond donors (Lipinski definition) is 0. The van der Waals surface area contributed by atoms with E-state index in [4.69, 9.17) is 9.47 Å². The van der Waals surface area contributed by atoms with Crippen LogP contribution in [-0.4, -0.2) is 23.1 Å². The van der Waals surface area contributed by atoms with E-state index in [1.54, 1.807) is 11.5 Å². The van der Waals surface area contributed by atoms with Crippen molar-refractivity contribution >= 4 is 33.4 Å². The lowest BCUT2D eigenvalue weighted by Crippen LogP contribution is -2.22. The monoisotopic (exact) mass is 380 g/mol. The Morgan fingerprint density at radius 1 is 1.22 bits per heavy atom. The fourth-order valence-corrected chi connectivity index (χ4v) is 4.06. The number of rotatable bonds is 5. The Morgan fingerprint density at radius 2 is 2.07 bits per heavy atom. The minimum absolute atomic E-state index is 0.0478. The van der Waals surface area contributed by atoms with Crippen LogP contribution in [0, 0.1) is 6.92 Å². The first-order chi connectivity index (χ1) is 13.1. The molecular formula is C21H20N2O3S. The molecule has 138 valence electrons. The molecule has 0 amide bonds. The molecule has 0 fully saturated rings. The maximum atomic E-state index is 12.9. The molecule has 0 aliphatic heterocycles. The topological polar surface area (TPSA) is 52.8 Å². The number of nitrogens with zero attached hydrogens (tertiary/aromatic N) is 2. The van der Waals surface area contributed by atoms with E-state index in [0.717, 1.165) is 28.6 Å². The van der Waals surface area contributed by atoms with E-state index < -0.39 is 0 Å². The molecule has 27 heavy (non-hydrogen) atoms. The van der Waals surface area contributed by atoms with Gasteiger partial charge in [-0.15, -0.1) is 0 Å². The van der Waals surface area contributed by atoms with Gasteiger partial charge < -0.3 is 9.47 Å². The molecule has 0 radical (unpaired) electrons. The van der Waals surface area contributed by atoms with Gasteiger partial charge in [0.2, 0.25) is 0 Å². The van der Waals surface area contributed by atoms with Crippen LogP contribution < -0.4 is 19.6 Å². The Bertz CT molecular complexity index is 1240. The van der Waals surface area contributed by atoms with Gasteiger partial charge in [0.05, 0.1) is 29.3 Å². The molecule has 6 heteroatoms. The van der Waals surface area contributed by atoms with Crippen molar-refractivity contribution in [1.82, 2.24) is 9.38 Å². The average Bonchev–Trinajstić information content (AvgIpc) is 3.18. The van der Waals surface area contributed by atoms with Crippen molar-refractivity contribution in [3.05, 3.63) is 62.4 Å². The molecule has 0 aliphatic rings. The number of thiazole rings is 1. The van der Waals surface area contributed by atoms with Gasteiger partial charge in [0.1, 0.15) is 0 Å². The van der Waals surface area contributed by atoms with Gasteiger partial charge in [-0.1, -0.05) is 36.5 Å². The Labute approximate surface area is 160 Å². The molecule has 5 nitrogen and oxygen atoms in total. The lowest BCUT2D eigenvalue weighted by molar-refractivity contribution is 0.294. The van der Waals surface area contributed by atoms with E-state index in [1.165, 1.54) is 11.3 Å². The SMILES string of the molecule is CCCOc1ccc(C=c2sc3nc4c(C)cccc4n3c2=O)cc1OC. The highest BCUT2D eigenvalue weighted by Crippen LogP contribution is 2.28. The maximum Gasteiger partial charge on any atom is 0.274 e. The van der Waals surface area contributed by atoms with Gasteiger partial charge in [-0.3, -0.25) is 4.79 Å². The lowest BCUT2D eigenvalue weighted by atomic mass is 10.2. The third kappa shape index (κ3) is 3.06. The zero-order valence-corrected chi connectivity index (χ0v) is 16.3. The molecule has 0 spiro atoms. The van der Waals surface area contributed by atoms with E-state index in [1.807, 2.05) is 49.4 Å². The first-order valence-electron chi connectivity index (χ1n) is 8.85. The number of fused-ring (bicyclic) bond motifs is 3. The molecule has 4 rings (SSSR count). The second kappa shape index (κ2) is 7.04. The number of aryl methyl sites for hydroxylation is 1. The first kappa shape index (κ1) is 17.5. The summed E-state index contributed by atoms with van der Waals surface area (Å²) in [5, 5.41) is 0. The zero-order valence-electron chi connectivity index (χ0n) is 15.5. The minimum atomic E-state index is -0.0478. The summed E-state index contributed by atoms with van der Waals surface area (Å²) in [5.74, 6) is 1.37. The van der Waals surface area contributed by atoms with Crippen molar-refractivity contribution in [3.63, 3.8) is 0 Å². The van der Waals surface area contributed by atoms with Crippen LogP contribution in [0.1, 0.15) is 24.5 Å². The van der Waals surface area contributed by atoms with Crippen molar-refractivity contribution in [3.8, 4) is 11.5 Å². The van der Waals surface area contributed by atoms with Crippen LogP contribution >= 0.6 is 11.3 Å². The molecule has 2 aromatic carbocycles. The summed E-state index contributed by atoms with van der Waals surface area (Å²) in [4.78, 5) is 18.3. The molecular weight excluding hydrogens is 360 g/mol. The normalized spacial score (nSPS) is 12.2. The lowest BCUT2D eigenvalue weighted by Gasteiger charge is -2.10. The fraction of sp³-hybridized carbons (Fsp3) is 0.238. The summed E-state index contributed by atoms with van der Waals surface area (Å²) in [6.45, 7) is 4.70. The Morgan fingerprint density at radius 3 is 2.85 bits per heavy atom. The molecule has 0 atom stereocenters. The minimum Gasteiger partial charge on any atom is -0.493 e. The summed E-state index contributed by atoms with van der Waals surface area (Å²) >= 11 is 1.40. The zero-order chi connectivity index (χ0) is 19.0. The summed E-state index contributed by atoms with van der Waals surface area (Å²) in [6, 6.07) is 11.6. The highest BCUT2D eigenvalue weighted by atomic mass is 32.1. The van der Waals surface area contributed by atoms with E-state index >= 15 is 0 Å². The molecule has 0 aliphatic carbocycles. The number of imidazole rings is 1. The van der Waals surface area contributed by atoms with Crippen LogP contribution in [0.3, 0.4) is 0 Å². The standard InChI is InChI=1S/C21H20N2O3S/c1-4-10-26-16-9-8-14(11-17(16)25-3)12-18-20(24)23-15-7-5-6-13(2)19(15)22-21(23)27-18/h5-9,11-12H,4,10H2,1-3H3. The first-order valence-corrected chi connectivity index (χ1v) is 9.67. The summed E-state index contributed by atoms with van der Waals surface area (Å²) < 4.78 is 13.5. The molecule has 0 N–H and O–H groups in total. The van der Waals surface area contributed by atoms with Crippen LogP contribution in [0.2, 0.25) is 0 Å². The molecule has 2 aromatic heterocycles. The summed E-state index contributed by atoms with van der Waals surface area (Å²) in [6.07, 6.45) is 2.80. The van der Waals surface area contributed by atoms with Crippen LogP contribution in [0.5, 0.6) is 11.5 Å². The smallest absolute Gasteiger partial charge is 0.274 e. The third-order valence-corrected chi connectivity index (χ3v) is 5.39. The molecule has 0 unspecified atom stereocenters. The van der Waals surface area contributed by atoms with E-state index in [0.29, 0.717) is 27.6 Å². The quantitative estimate of drug-likeness (QED) is 0.531. The van der Waals surface area contributed by atoms with E-state index in [-0.39, 0.29) is 5.56 Å². The van der Waals surface area contributed by atoms with Crippen molar-refractivity contribution in [2.24, 2.45) is 0 Å². The number of hydrogen-bond acceptors (Lipinski definition) is 5. The van der Waals surface area contributed by atoms with Crippen molar-refractivity contribution in [1.29, 1.82) is 0 Å². The summed E-state index contributed by atoms with van der Waals surface area (Å²) in [7, 11) is 1.62. The number of para-hydroxylation sites is 1. The predicted octanol–water partition coefficient (Wildman–Crippen LogP) is 3.56. The maximum absolute atomic E-state index is 12.9. The van der Waals surface area contributed by atoms with Crippen molar-refractivity contribution in [2.45, 2.75) is 20.3 Å². The second-order valence-electron chi connectivity index (χ2n) is 6.35. The van der Waals surface area contributed by atoms with Gasteiger partial charge in [-0.05, 0) is 48.7 Å². The fourth-order valence-electron chi connectivity index (χ4n) is 3.08. The number of methoxy groups -OCH3 is 1. The molecule has 2 heterocycles. The van der Waals surface area contributed by atoms with Gasteiger partial charge in [0, 0.05) is 0 Å². The van der Waals surface area contributed by atoms with Crippen LogP contribution in [0.15, 0.2) is 41.2 Å². The second-order valence-corrected chi connectivity index (χ2v) is 7.36. The van der Waals surface area contributed by atoms with Crippen molar-refractivity contribution < 1.29 is 9.47 Å². The molecule has 4 aromatic rings. The summed E-state index contributed by atoms with van der Waals surface area (Å²) in [5.41, 5.74) is 3.64. The van der Waals surface area contributed by atoms with E-state index in [2.05, 4.69) is 11.9 Å². The Balaban J connectivity index is 1.82. The highest BCUT2D eigenvalue weighted by molar-refractivity contribution is 7.15. The van der Waals surface area contributed by atoms with Gasteiger partial charge in [0.15, 0.2) is 16.5 Å². The van der Waals surface area contributed by atoms with Crippen LogP contribution in [0.25, 0.3) is 22.1 Å². The number of benzene rings is 2. The van der Waals surface area contributed by atoms with Crippen molar-refractivity contribution in [2.75, 3.05) is 13.7 Å². The van der Waals surface area contributed by atoms with Gasteiger partial charge >= 0.3 is 0 Å². The Kier molecular flexibility index (Phi) is 4.58. The molecule has 0 saturated carbocycles. The molecule has 0 bridgehead atoms. The Hall–Kier alpha value is -2.86. The van der Waals surface area contributed by atoms with Gasteiger partial charge in [0.25, 0.3) is 5.56 Å². The van der Waals surface area contributed by atoms with Crippen LogP contribution in [0.4, 0.5) is 0 Å². The average molecular weight is 380 g/mol. The highest BCUT2D eigenvalue weighted by Gasteiger charge is 2.12. The number of ether oxygens (including phenoxy) is 2.